The summed E-state index contributed by atoms with van der Waals surface area (Å²) in [7, 11) is 0. The second-order valence-electron chi connectivity index (χ2n) is 7.49. The molecule has 4 nitrogen and oxygen atoms in total. The summed E-state index contributed by atoms with van der Waals surface area (Å²) in [6.45, 7) is 3.52. The SMILES string of the molecule is CCCC/C=C/CSCCC1C2CCC(O2)C1CCOCCCC(=O)O. The summed E-state index contributed by atoms with van der Waals surface area (Å²) in [4.78, 5) is 10.5. The van der Waals surface area contributed by atoms with Crippen molar-refractivity contribution < 1.29 is 19.4 Å². The molecule has 0 aromatic carbocycles. The van der Waals surface area contributed by atoms with E-state index in [-0.39, 0.29) is 6.42 Å². The molecule has 2 rings (SSSR count). The third-order valence-corrected chi connectivity index (χ3v) is 6.52. The van der Waals surface area contributed by atoms with Crippen molar-refractivity contribution in [1.29, 1.82) is 0 Å². The summed E-state index contributed by atoms with van der Waals surface area (Å²) in [5.41, 5.74) is 0. The number of aliphatic carboxylic acids is 1. The number of carbonyl (C=O) groups is 1. The van der Waals surface area contributed by atoms with E-state index in [1.807, 2.05) is 11.8 Å². The molecule has 2 heterocycles. The number of rotatable bonds is 15. The third kappa shape index (κ3) is 7.61. The minimum Gasteiger partial charge on any atom is -0.481 e. The van der Waals surface area contributed by atoms with Crippen LogP contribution in [-0.2, 0) is 14.3 Å². The lowest BCUT2D eigenvalue weighted by Gasteiger charge is -2.27. The molecular formula is C21H36O4S. The number of allylic oxidation sites excluding steroid dienone is 1. The van der Waals surface area contributed by atoms with E-state index in [1.165, 1.54) is 44.3 Å². The number of carboxylic acid groups (broad SMARTS) is 1. The van der Waals surface area contributed by atoms with Gasteiger partial charge in [0.05, 0.1) is 12.2 Å². The van der Waals surface area contributed by atoms with Crippen LogP contribution in [0.1, 0.15) is 64.7 Å². The van der Waals surface area contributed by atoms with Crippen LogP contribution in [0.5, 0.6) is 0 Å². The van der Waals surface area contributed by atoms with Crippen LogP contribution in [0.3, 0.4) is 0 Å². The Morgan fingerprint density at radius 2 is 1.92 bits per heavy atom. The van der Waals surface area contributed by atoms with Crippen LogP contribution in [0.2, 0.25) is 0 Å². The maximum absolute atomic E-state index is 10.5. The number of fused-ring (bicyclic) bond motifs is 2. The Balaban J connectivity index is 1.58. The Bertz CT molecular complexity index is 426. The van der Waals surface area contributed by atoms with Gasteiger partial charge in [-0.15, -0.1) is 0 Å². The second kappa shape index (κ2) is 12.8. The summed E-state index contributed by atoms with van der Waals surface area (Å²) < 4.78 is 11.8. The first kappa shape index (κ1) is 21.8. The molecule has 1 N–H and O–H groups in total. The lowest BCUT2D eigenvalue weighted by atomic mass is 9.76. The van der Waals surface area contributed by atoms with E-state index in [0.717, 1.165) is 18.8 Å². The fourth-order valence-corrected chi connectivity index (χ4v) is 5.07. The molecule has 0 amide bonds. The summed E-state index contributed by atoms with van der Waals surface area (Å²) in [6.07, 6.45) is 14.9. The zero-order valence-corrected chi connectivity index (χ0v) is 17.1. The van der Waals surface area contributed by atoms with E-state index in [0.29, 0.717) is 37.1 Å². The number of unbranched alkanes of at least 4 members (excludes halogenated alkanes) is 2. The highest BCUT2D eigenvalue weighted by molar-refractivity contribution is 7.99. The molecule has 0 aromatic rings. The number of carboxylic acids is 1. The van der Waals surface area contributed by atoms with Crippen LogP contribution in [-0.4, -0.2) is 48.0 Å². The van der Waals surface area contributed by atoms with Gasteiger partial charge >= 0.3 is 5.97 Å². The average molecular weight is 385 g/mol. The third-order valence-electron chi connectivity index (χ3n) is 5.57. The van der Waals surface area contributed by atoms with Crippen LogP contribution < -0.4 is 0 Å². The highest BCUT2D eigenvalue weighted by atomic mass is 32.2. The van der Waals surface area contributed by atoms with E-state index in [9.17, 15) is 4.79 Å². The smallest absolute Gasteiger partial charge is 0.303 e. The van der Waals surface area contributed by atoms with Gasteiger partial charge in [0.15, 0.2) is 0 Å². The van der Waals surface area contributed by atoms with Gasteiger partial charge in [-0.3, -0.25) is 4.79 Å². The summed E-state index contributed by atoms with van der Waals surface area (Å²) >= 11 is 2.04. The van der Waals surface area contributed by atoms with Gasteiger partial charge in [0, 0.05) is 25.4 Å². The van der Waals surface area contributed by atoms with Crippen molar-refractivity contribution in [3.05, 3.63) is 12.2 Å². The first-order chi connectivity index (χ1) is 12.7. The van der Waals surface area contributed by atoms with Gasteiger partial charge < -0.3 is 14.6 Å². The normalized spacial score (nSPS) is 27.6. The summed E-state index contributed by atoms with van der Waals surface area (Å²) in [6, 6.07) is 0. The molecule has 5 heteroatoms. The fraction of sp³-hybridized carbons (Fsp3) is 0.857. The van der Waals surface area contributed by atoms with Gasteiger partial charge in [-0.2, -0.15) is 11.8 Å². The van der Waals surface area contributed by atoms with Crippen molar-refractivity contribution in [2.75, 3.05) is 24.7 Å². The van der Waals surface area contributed by atoms with Crippen molar-refractivity contribution >= 4 is 17.7 Å². The van der Waals surface area contributed by atoms with Crippen molar-refractivity contribution in [3.63, 3.8) is 0 Å². The molecule has 4 atom stereocenters. The van der Waals surface area contributed by atoms with Gasteiger partial charge in [0.1, 0.15) is 0 Å². The van der Waals surface area contributed by atoms with Crippen LogP contribution in [0, 0.1) is 11.8 Å². The quantitative estimate of drug-likeness (QED) is 0.321. The number of hydrogen-bond acceptors (Lipinski definition) is 4. The topological polar surface area (TPSA) is 55.8 Å². The molecule has 0 saturated carbocycles. The highest BCUT2D eigenvalue weighted by Crippen LogP contribution is 2.46. The van der Waals surface area contributed by atoms with E-state index in [4.69, 9.17) is 14.6 Å². The lowest BCUT2D eigenvalue weighted by Crippen LogP contribution is -2.28. The van der Waals surface area contributed by atoms with E-state index >= 15 is 0 Å². The Hall–Kier alpha value is -0.520. The van der Waals surface area contributed by atoms with E-state index in [1.54, 1.807) is 0 Å². The molecule has 2 fully saturated rings. The number of hydrogen-bond donors (Lipinski definition) is 1. The molecule has 0 aliphatic carbocycles. The Morgan fingerprint density at radius 3 is 2.65 bits per heavy atom. The van der Waals surface area contributed by atoms with Crippen LogP contribution >= 0.6 is 11.8 Å². The molecule has 2 saturated heterocycles. The number of ether oxygens (including phenoxy) is 2. The van der Waals surface area contributed by atoms with Crippen LogP contribution in [0.25, 0.3) is 0 Å². The maximum Gasteiger partial charge on any atom is 0.303 e. The average Bonchev–Trinajstić information content (AvgIpc) is 3.22. The number of thioether (sulfide) groups is 1. The van der Waals surface area contributed by atoms with Gasteiger partial charge in [0.2, 0.25) is 0 Å². The second-order valence-corrected chi connectivity index (χ2v) is 8.64. The molecule has 150 valence electrons. The van der Waals surface area contributed by atoms with Gasteiger partial charge in [-0.05, 0) is 56.1 Å². The predicted molar refractivity (Wildman–Crippen MR) is 108 cm³/mol. The Morgan fingerprint density at radius 1 is 1.15 bits per heavy atom. The molecule has 0 radical (unpaired) electrons. The molecule has 2 bridgehead atoms. The Labute approximate surface area is 163 Å². The first-order valence-corrected chi connectivity index (χ1v) is 11.6. The first-order valence-electron chi connectivity index (χ1n) is 10.4. The minimum absolute atomic E-state index is 0.198. The zero-order chi connectivity index (χ0) is 18.6. The van der Waals surface area contributed by atoms with Crippen molar-refractivity contribution in [2.24, 2.45) is 11.8 Å². The molecule has 2 aliphatic rings. The minimum atomic E-state index is -0.743. The van der Waals surface area contributed by atoms with Gasteiger partial charge in [-0.25, -0.2) is 0 Å². The van der Waals surface area contributed by atoms with E-state index < -0.39 is 5.97 Å². The fourth-order valence-electron chi connectivity index (χ4n) is 4.20. The van der Waals surface area contributed by atoms with Gasteiger partial charge in [-0.1, -0.05) is 31.9 Å². The predicted octanol–water partition coefficient (Wildman–Crippen LogP) is 4.92. The summed E-state index contributed by atoms with van der Waals surface area (Å²) in [5, 5.41) is 8.65. The zero-order valence-electron chi connectivity index (χ0n) is 16.2. The van der Waals surface area contributed by atoms with Gasteiger partial charge in [0.25, 0.3) is 0 Å². The van der Waals surface area contributed by atoms with Crippen molar-refractivity contribution in [2.45, 2.75) is 76.9 Å². The molecule has 2 aliphatic heterocycles. The molecule has 0 spiro atoms. The summed E-state index contributed by atoms with van der Waals surface area (Å²) in [5.74, 6) is 2.92. The maximum atomic E-state index is 10.5. The largest absolute Gasteiger partial charge is 0.481 e. The van der Waals surface area contributed by atoms with Crippen LogP contribution in [0.15, 0.2) is 12.2 Å². The molecular weight excluding hydrogens is 348 g/mol. The lowest BCUT2D eigenvalue weighted by molar-refractivity contribution is -0.137. The highest BCUT2D eigenvalue weighted by Gasteiger charge is 2.47. The molecule has 4 unspecified atom stereocenters. The molecule has 26 heavy (non-hydrogen) atoms. The monoisotopic (exact) mass is 384 g/mol. The van der Waals surface area contributed by atoms with Crippen LogP contribution in [0.4, 0.5) is 0 Å². The van der Waals surface area contributed by atoms with E-state index in [2.05, 4.69) is 19.1 Å². The Kier molecular flexibility index (Phi) is 10.7. The van der Waals surface area contributed by atoms with Crippen molar-refractivity contribution in [1.82, 2.24) is 0 Å². The molecule has 0 aromatic heterocycles. The standard InChI is InChI=1S/C21H36O4S/c1-2-3-4-5-6-15-26-16-12-18-17(19-9-10-20(18)25-19)11-14-24-13-7-8-21(22)23/h5-6,17-20H,2-4,7-16H2,1H3,(H,22,23)/b6-5+. The van der Waals surface area contributed by atoms with Crippen molar-refractivity contribution in [3.8, 4) is 0 Å².